The Morgan fingerprint density at radius 2 is 2.12 bits per heavy atom. The number of hydrogen-bond acceptors (Lipinski definition) is 3. The zero-order chi connectivity index (χ0) is 12.3. The molecule has 0 bridgehead atoms. The molecular weight excluding hydrogens is 286 g/mol. The highest BCUT2D eigenvalue weighted by Gasteiger charge is 2.13. The van der Waals surface area contributed by atoms with Gasteiger partial charge < -0.3 is 14.8 Å². The lowest BCUT2D eigenvalue weighted by atomic mass is 10.2. The van der Waals surface area contributed by atoms with Crippen molar-refractivity contribution in [2.45, 2.75) is 6.54 Å². The van der Waals surface area contributed by atoms with Crippen LogP contribution in [0, 0.1) is 0 Å². The minimum absolute atomic E-state index is 0.0236. The molecule has 17 heavy (non-hydrogen) atoms. The van der Waals surface area contributed by atoms with E-state index in [9.17, 15) is 4.79 Å². The highest BCUT2D eigenvalue weighted by molar-refractivity contribution is 9.10. The first-order valence-corrected chi connectivity index (χ1v) is 5.76. The van der Waals surface area contributed by atoms with Crippen molar-refractivity contribution in [2.24, 2.45) is 0 Å². The lowest BCUT2D eigenvalue weighted by Crippen LogP contribution is -2.04. The van der Waals surface area contributed by atoms with Crippen molar-refractivity contribution in [1.29, 1.82) is 0 Å². The maximum atomic E-state index is 10.8. The molecule has 0 fully saturated rings. The molecule has 0 aliphatic carbocycles. The van der Waals surface area contributed by atoms with Crippen LogP contribution in [0.15, 0.2) is 45.5 Å². The van der Waals surface area contributed by atoms with E-state index in [0.29, 0.717) is 12.1 Å². The summed E-state index contributed by atoms with van der Waals surface area (Å²) in [4.78, 5) is 10.8. The van der Waals surface area contributed by atoms with Gasteiger partial charge in [0, 0.05) is 22.3 Å². The summed E-state index contributed by atoms with van der Waals surface area (Å²) in [6.45, 7) is 0.404. The van der Waals surface area contributed by atoms with Crippen molar-refractivity contribution in [3.8, 4) is 0 Å². The molecule has 0 unspecified atom stereocenters. The van der Waals surface area contributed by atoms with Crippen LogP contribution < -0.4 is 5.32 Å². The minimum atomic E-state index is -1.06. The van der Waals surface area contributed by atoms with Gasteiger partial charge in [-0.1, -0.05) is 12.1 Å². The monoisotopic (exact) mass is 295 g/mol. The number of hydrogen-bond donors (Lipinski definition) is 2. The summed E-state index contributed by atoms with van der Waals surface area (Å²) in [5.41, 5.74) is 1.53. The second kappa shape index (κ2) is 5.05. The van der Waals surface area contributed by atoms with Crippen molar-refractivity contribution < 1.29 is 14.3 Å². The molecule has 0 radical (unpaired) electrons. The first kappa shape index (κ1) is 11.7. The summed E-state index contributed by atoms with van der Waals surface area (Å²) in [5.74, 6) is -1.08. The zero-order valence-electron chi connectivity index (χ0n) is 8.81. The molecule has 0 saturated carbocycles. The molecular formula is C12H10BrNO3. The van der Waals surface area contributed by atoms with Gasteiger partial charge >= 0.3 is 5.97 Å². The quantitative estimate of drug-likeness (QED) is 0.908. The number of rotatable bonds is 4. The van der Waals surface area contributed by atoms with Gasteiger partial charge in [0.05, 0.1) is 6.26 Å². The molecule has 2 rings (SSSR count). The molecule has 0 atom stereocenters. The maximum absolute atomic E-state index is 10.8. The van der Waals surface area contributed by atoms with Crippen molar-refractivity contribution >= 4 is 27.6 Å². The number of nitrogens with one attached hydrogen (secondary N) is 1. The van der Waals surface area contributed by atoms with Crippen LogP contribution in [0.3, 0.4) is 0 Å². The Balaban J connectivity index is 2.10. The smallest absolute Gasteiger partial charge is 0.372 e. The molecule has 2 N–H and O–H groups in total. The van der Waals surface area contributed by atoms with E-state index in [1.807, 2.05) is 24.3 Å². The Morgan fingerprint density at radius 1 is 1.35 bits per heavy atom. The fourth-order valence-corrected chi connectivity index (χ4v) is 1.88. The van der Waals surface area contributed by atoms with Gasteiger partial charge in [0.2, 0.25) is 5.76 Å². The van der Waals surface area contributed by atoms with Gasteiger partial charge in [-0.3, -0.25) is 0 Å². The molecule has 88 valence electrons. The van der Waals surface area contributed by atoms with Crippen LogP contribution in [0.25, 0.3) is 0 Å². The third-order valence-electron chi connectivity index (χ3n) is 2.28. The lowest BCUT2D eigenvalue weighted by Gasteiger charge is -2.07. The molecule has 1 aromatic carbocycles. The highest BCUT2D eigenvalue weighted by atomic mass is 79.9. The van der Waals surface area contributed by atoms with Crippen molar-refractivity contribution in [2.75, 3.05) is 5.32 Å². The van der Waals surface area contributed by atoms with E-state index in [4.69, 9.17) is 9.52 Å². The second-order valence-electron chi connectivity index (χ2n) is 3.41. The Hall–Kier alpha value is -1.75. The van der Waals surface area contributed by atoms with E-state index >= 15 is 0 Å². The van der Waals surface area contributed by atoms with Crippen LogP contribution in [0.5, 0.6) is 0 Å². The van der Waals surface area contributed by atoms with Crippen LogP contribution in [-0.4, -0.2) is 11.1 Å². The Bertz CT molecular complexity index is 536. The number of anilines is 1. The van der Waals surface area contributed by atoms with Crippen molar-refractivity contribution in [1.82, 2.24) is 0 Å². The van der Waals surface area contributed by atoms with Crippen LogP contribution in [0.4, 0.5) is 5.69 Å². The average Bonchev–Trinajstić information content (AvgIpc) is 2.76. The standard InChI is InChI=1S/C12H10BrNO3/c13-9-3-1-2-4-10(9)14-7-8-5-6-17-11(8)12(15)16/h1-6,14H,7H2,(H,15,16). The second-order valence-corrected chi connectivity index (χ2v) is 4.27. The van der Waals surface area contributed by atoms with Crippen LogP contribution in [0.1, 0.15) is 16.1 Å². The lowest BCUT2D eigenvalue weighted by molar-refractivity contribution is 0.0661. The normalized spacial score (nSPS) is 10.2. The summed E-state index contributed by atoms with van der Waals surface area (Å²) in [7, 11) is 0. The predicted molar refractivity (Wildman–Crippen MR) is 67.1 cm³/mol. The molecule has 0 saturated heterocycles. The number of benzene rings is 1. The first-order valence-electron chi connectivity index (χ1n) is 4.96. The third-order valence-corrected chi connectivity index (χ3v) is 2.98. The number of furan rings is 1. The highest BCUT2D eigenvalue weighted by Crippen LogP contribution is 2.22. The van der Waals surface area contributed by atoms with E-state index in [-0.39, 0.29) is 5.76 Å². The molecule has 2 aromatic rings. The summed E-state index contributed by atoms with van der Waals surface area (Å²) >= 11 is 3.41. The molecule has 0 aliphatic rings. The van der Waals surface area contributed by atoms with Crippen LogP contribution in [-0.2, 0) is 6.54 Å². The largest absolute Gasteiger partial charge is 0.475 e. The van der Waals surface area contributed by atoms with Gasteiger partial charge in [0.1, 0.15) is 0 Å². The van der Waals surface area contributed by atoms with E-state index in [1.54, 1.807) is 6.07 Å². The molecule has 1 heterocycles. The summed E-state index contributed by atoms with van der Waals surface area (Å²) in [6.07, 6.45) is 1.38. The Morgan fingerprint density at radius 3 is 2.82 bits per heavy atom. The Labute approximate surface area is 106 Å². The van der Waals surface area contributed by atoms with Crippen molar-refractivity contribution in [3.63, 3.8) is 0 Å². The van der Waals surface area contributed by atoms with Gasteiger partial charge in [-0.25, -0.2) is 4.79 Å². The molecule has 4 nitrogen and oxygen atoms in total. The average molecular weight is 296 g/mol. The number of aromatic carboxylic acids is 1. The van der Waals surface area contributed by atoms with E-state index in [2.05, 4.69) is 21.2 Å². The third kappa shape index (κ3) is 2.68. The Kier molecular flexibility index (Phi) is 3.49. The van der Waals surface area contributed by atoms with Gasteiger partial charge in [-0.05, 0) is 34.1 Å². The topological polar surface area (TPSA) is 62.5 Å². The zero-order valence-corrected chi connectivity index (χ0v) is 10.4. The fourth-order valence-electron chi connectivity index (χ4n) is 1.46. The van der Waals surface area contributed by atoms with E-state index in [0.717, 1.165) is 10.2 Å². The summed E-state index contributed by atoms with van der Waals surface area (Å²) < 4.78 is 5.82. The SMILES string of the molecule is O=C(O)c1occc1CNc1ccccc1Br. The van der Waals surface area contributed by atoms with Crippen molar-refractivity contribution in [3.05, 3.63) is 52.4 Å². The minimum Gasteiger partial charge on any atom is -0.475 e. The number of carbonyl (C=O) groups is 1. The summed E-state index contributed by atoms with van der Waals surface area (Å²) in [6, 6.07) is 9.28. The number of para-hydroxylation sites is 1. The predicted octanol–water partition coefficient (Wildman–Crippen LogP) is 3.35. The summed E-state index contributed by atoms with van der Waals surface area (Å²) in [5, 5.41) is 12.0. The van der Waals surface area contributed by atoms with E-state index in [1.165, 1.54) is 6.26 Å². The molecule has 5 heteroatoms. The van der Waals surface area contributed by atoms with Gasteiger partial charge in [-0.15, -0.1) is 0 Å². The van der Waals surface area contributed by atoms with Crippen LogP contribution in [0.2, 0.25) is 0 Å². The number of halogens is 1. The van der Waals surface area contributed by atoms with Gasteiger partial charge in [-0.2, -0.15) is 0 Å². The molecule has 0 aliphatic heterocycles. The fraction of sp³-hybridized carbons (Fsp3) is 0.0833. The number of carboxylic acid groups (broad SMARTS) is 1. The molecule has 1 aromatic heterocycles. The first-order chi connectivity index (χ1) is 8.18. The molecule has 0 amide bonds. The van der Waals surface area contributed by atoms with Gasteiger partial charge in [0.25, 0.3) is 0 Å². The molecule has 0 spiro atoms. The maximum Gasteiger partial charge on any atom is 0.372 e. The van der Waals surface area contributed by atoms with Crippen LogP contribution >= 0.6 is 15.9 Å². The number of carboxylic acids is 1. The van der Waals surface area contributed by atoms with Gasteiger partial charge in [0.15, 0.2) is 0 Å². The van der Waals surface area contributed by atoms with E-state index < -0.39 is 5.97 Å².